The standard InChI is InChI=1S/C20H15Cl2N3O6/c1-30-16-7-3-11(2-6-15-18(25(28)29)19(26)24-20(27)23-15)8-17(16)31-10-12-4-5-13(21)9-14(12)22/h2-9H,10H2,1H3,(H2,23,24,26,27). The number of hydrogen-bond donors (Lipinski definition) is 2. The fourth-order valence-electron chi connectivity index (χ4n) is 2.68. The number of ether oxygens (including phenoxy) is 2. The number of nitro groups is 1. The molecule has 160 valence electrons. The normalized spacial score (nSPS) is 10.9. The molecule has 0 aliphatic heterocycles. The highest BCUT2D eigenvalue weighted by atomic mass is 35.5. The molecule has 2 aromatic carbocycles. The van der Waals surface area contributed by atoms with E-state index in [1.165, 1.54) is 19.3 Å². The van der Waals surface area contributed by atoms with E-state index < -0.39 is 21.9 Å². The summed E-state index contributed by atoms with van der Waals surface area (Å²) in [6.07, 6.45) is 2.75. The van der Waals surface area contributed by atoms with Crippen LogP contribution in [0.3, 0.4) is 0 Å². The number of aromatic amines is 2. The number of nitrogens with zero attached hydrogens (tertiary/aromatic N) is 1. The van der Waals surface area contributed by atoms with E-state index in [4.69, 9.17) is 32.7 Å². The van der Waals surface area contributed by atoms with Crippen molar-refractivity contribution in [3.8, 4) is 11.5 Å². The van der Waals surface area contributed by atoms with Gasteiger partial charge in [0.05, 0.1) is 12.0 Å². The third kappa shape index (κ3) is 5.33. The van der Waals surface area contributed by atoms with Gasteiger partial charge >= 0.3 is 16.9 Å². The smallest absolute Gasteiger partial charge is 0.357 e. The Balaban J connectivity index is 1.90. The molecule has 0 aliphatic rings. The van der Waals surface area contributed by atoms with E-state index in [2.05, 4.69) is 4.98 Å². The van der Waals surface area contributed by atoms with Crippen molar-refractivity contribution in [1.82, 2.24) is 9.97 Å². The van der Waals surface area contributed by atoms with E-state index in [1.54, 1.807) is 36.4 Å². The Bertz CT molecular complexity index is 1280. The fourth-order valence-corrected chi connectivity index (χ4v) is 3.15. The van der Waals surface area contributed by atoms with Crippen molar-refractivity contribution in [3.05, 3.63) is 94.2 Å². The lowest BCUT2D eigenvalue weighted by molar-refractivity contribution is -0.386. The van der Waals surface area contributed by atoms with Gasteiger partial charge in [-0.1, -0.05) is 41.4 Å². The molecule has 9 nitrogen and oxygen atoms in total. The van der Waals surface area contributed by atoms with Gasteiger partial charge in [0.15, 0.2) is 11.5 Å². The van der Waals surface area contributed by atoms with E-state index in [0.717, 1.165) is 0 Å². The second kappa shape index (κ2) is 9.50. The van der Waals surface area contributed by atoms with Crippen LogP contribution in [0.15, 0.2) is 46.0 Å². The highest BCUT2D eigenvalue weighted by Crippen LogP contribution is 2.31. The molecule has 0 saturated heterocycles. The second-order valence-corrected chi connectivity index (χ2v) is 7.04. The Morgan fingerprint density at radius 1 is 1.06 bits per heavy atom. The zero-order chi connectivity index (χ0) is 22.5. The molecule has 0 spiro atoms. The van der Waals surface area contributed by atoms with Gasteiger partial charge in [-0.25, -0.2) is 4.79 Å². The highest BCUT2D eigenvalue weighted by molar-refractivity contribution is 6.35. The molecule has 11 heteroatoms. The lowest BCUT2D eigenvalue weighted by atomic mass is 10.1. The summed E-state index contributed by atoms with van der Waals surface area (Å²) in [4.78, 5) is 37.5. The molecular formula is C20H15Cl2N3O6. The zero-order valence-corrected chi connectivity index (χ0v) is 17.5. The Morgan fingerprint density at radius 2 is 1.84 bits per heavy atom. The molecule has 0 fully saturated rings. The van der Waals surface area contributed by atoms with Crippen molar-refractivity contribution in [2.45, 2.75) is 6.61 Å². The molecule has 0 saturated carbocycles. The maximum atomic E-state index is 11.7. The van der Waals surface area contributed by atoms with Gasteiger partial charge in [-0.05, 0) is 35.9 Å². The average Bonchev–Trinajstić information content (AvgIpc) is 2.70. The Kier molecular flexibility index (Phi) is 6.78. The summed E-state index contributed by atoms with van der Waals surface area (Å²) in [6.45, 7) is 0.145. The number of hydrogen-bond acceptors (Lipinski definition) is 6. The molecule has 1 aromatic heterocycles. The van der Waals surface area contributed by atoms with E-state index >= 15 is 0 Å². The van der Waals surface area contributed by atoms with Gasteiger partial charge in [0.2, 0.25) is 0 Å². The number of methoxy groups -OCH3 is 1. The van der Waals surface area contributed by atoms with E-state index in [0.29, 0.717) is 32.7 Å². The van der Waals surface area contributed by atoms with Crippen molar-refractivity contribution in [2.75, 3.05) is 7.11 Å². The minimum absolute atomic E-state index is 0.145. The molecule has 0 unspecified atom stereocenters. The number of benzene rings is 2. The quantitative estimate of drug-likeness (QED) is 0.402. The minimum atomic E-state index is -1.09. The molecular weight excluding hydrogens is 449 g/mol. The van der Waals surface area contributed by atoms with Crippen LogP contribution < -0.4 is 20.7 Å². The molecule has 3 rings (SSSR count). The van der Waals surface area contributed by atoms with Crippen molar-refractivity contribution < 1.29 is 14.4 Å². The van der Waals surface area contributed by atoms with Crippen molar-refractivity contribution in [2.24, 2.45) is 0 Å². The second-order valence-electron chi connectivity index (χ2n) is 6.20. The van der Waals surface area contributed by atoms with Crippen LogP contribution in [-0.4, -0.2) is 22.0 Å². The van der Waals surface area contributed by atoms with Crippen LogP contribution >= 0.6 is 23.2 Å². The van der Waals surface area contributed by atoms with Crippen molar-refractivity contribution in [3.63, 3.8) is 0 Å². The van der Waals surface area contributed by atoms with Gasteiger partial charge in [0.25, 0.3) is 0 Å². The van der Waals surface area contributed by atoms with Crippen molar-refractivity contribution in [1.29, 1.82) is 0 Å². The summed E-state index contributed by atoms with van der Waals surface area (Å²) in [6, 6.07) is 9.99. The maximum absolute atomic E-state index is 11.7. The monoisotopic (exact) mass is 463 g/mol. The van der Waals surface area contributed by atoms with Gasteiger partial charge in [0, 0.05) is 15.6 Å². The van der Waals surface area contributed by atoms with E-state index in [-0.39, 0.29) is 12.3 Å². The highest BCUT2D eigenvalue weighted by Gasteiger charge is 2.18. The molecule has 0 bridgehead atoms. The van der Waals surface area contributed by atoms with Crippen LogP contribution in [0, 0.1) is 10.1 Å². The first-order valence-corrected chi connectivity index (χ1v) is 9.48. The number of halogens is 2. The molecule has 31 heavy (non-hydrogen) atoms. The van der Waals surface area contributed by atoms with Gasteiger partial charge in [0.1, 0.15) is 12.3 Å². The summed E-state index contributed by atoms with van der Waals surface area (Å²) in [7, 11) is 1.48. The zero-order valence-electron chi connectivity index (χ0n) is 16.0. The number of aromatic nitrogens is 2. The summed E-state index contributed by atoms with van der Waals surface area (Å²) in [5, 5.41) is 12.1. The van der Waals surface area contributed by atoms with Crippen LogP contribution in [0.25, 0.3) is 12.2 Å². The maximum Gasteiger partial charge on any atom is 0.357 e. The van der Waals surface area contributed by atoms with Gasteiger partial charge in [-0.15, -0.1) is 0 Å². The number of rotatable bonds is 7. The molecule has 0 aliphatic carbocycles. The van der Waals surface area contributed by atoms with Crippen LogP contribution in [0.5, 0.6) is 11.5 Å². The third-order valence-electron chi connectivity index (χ3n) is 4.16. The first-order valence-electron chi connectivity index (χ1n) is 8.72. The Morgan fingerprint density at radius 3 is 2.52 bits per heavy atom. The summed E-state index contributed by atoms with van der Waals surface area (Å²) >= 11 is 12.1. The molecule has 0 amide bonds. The predicted molar refractivity (Wildman–Crippen MR) is 117 cm³/mol. The Labute approximate surface area is 185 Å². The lowest BCUT2D eigenvalue weighted by Crippen LogP contribution is -2.25. The van der Waals surface area contributed by atoms with Crippen LogP contribution in [0.2, 0.25) is 10.0 Å². The number of H-pyrrole nitrogens is 2. The predicted octanol–water partition coefficient (Wildman–Crippen LogP) is 4.04. The van der Waals surface area contributed by atoms with E-state index in [1.807, 2.05) is 4.98 Å². The van der Waals surface area contributed by atoms with Crippen molar-refractivity contribution >= 4 is 41.0 Å². The fraction of sp³-hybridized carbons (Fsp3) is 0.100. The molecule has 3 aromatic rings. The van der Waals surface area contributed by atoms with Crippen LogP contribution in [0.1, 0.15) is 16.8 Å². The molecule has 0 atom stereocenters. The lowest BCUT2D eigenvalue weighted by Gasteiger charge is -2.12. The molecule has 2 N–H and O–H groups in total. The van der Waals surface area contributed by atoms with Gasteiger partial charge < -0.3 is 14.5 Å². The average molecular weight is 464 g/mol. The SMILES string of the molecule is COc1ccc(C=Cc2[nH]c(=O)[nH]c(=O)c2[N+](=O)[O-])cc1OCc1ccc(Cl)cc1Cl. The van der Waals surface area contributed by atoms with Gasteiger partial charge in [-0.2, -0.15) is 0 Å². The molecule has 0 radical (unpaired) electrons. The van der Waals surface area contributed by atoms with Crippen LogP contribution in [-0.2, 0) is 6.61 Å². The largest absolute Gasteiger partial charge is 0.493 e. The first kappa shape index (κ1) is 22.1. The summed E-state index contributed by atoms with van der Waals surface area (Å²) in [5.41, 5.74) is -1.65. The van der Waals surface area contributed by atoms with Gasteiger partial charge in [-0.3, -0.25) is 19.9 Å². The topological polar surface area (TPSA) is 127 Å². The number of nitrogens with one attached hydrogen (secondary N) is 2. The van der Waals surface area contributed by atoms with Crippen LogP contribution in [0.4, 0.5) is 5.69 Å². The first-order chi connectivity index (χ1) is 14.8. The third-order valence-corrected chi connectivity index (χ3v) is 4.74. The Hall–Kier alpha value is -3.56. The molecule has 1 heterocycles. The van der Waals surface area contributed by atoms with E-state index in [9.17, 15) is 19.7 Å². The minimum Gasteiger partial charge on any atom is -0.493 e. The summed E-state index contributed by atoms with van der Waals surface area (Å²) in [5.74, 6) is 0.849. The summed E-state index contributed by atoms with van der Waals surface area (Å²) < 4.78 is 11.1.